The van der Waals surface area contributed by atoms with Crippen LogP contribution in [0.25, 0.3) is 0 Å². The quantitative estimate of drug-likeness (QED) is 0.298. The second kappa shape index (κ2) is 3.68. The van der Waals surface area contributed by atoms with E-state index in [1.54, 1.807) is 0 Å². The van der Waals surface area contributed by atoms with Gasteiger partial charge in [0.2, 0.25) is 0 Å². The minimum absolute atomic E-state index is 0.145. The van der Waals surface area contributed by atoms with Crippen LogP contribution in [-0.2, 0) is 0 Å². The summed E-state index contributed by atoms with van der Waals surface area (Å²) in [7, 11) is 0. The van der Waals surface area contributed by atoms with Gasteiger partial charge >= 0.3 is 64.6 Å². The molecule has 9 heavy (non-hydrogen) atoms. The van der Waals surface area contributed by atoms with Crippen LogP contribution >= 0.6 is 0 Å². The number of nitrogens with one attached hydrogen (secondary N) is 1. The van der Waals surface area contributed by atoms with E-state index in [1.165, 1.54) is 0 Å². The van der Waals surface area contributed by atoms with Gasteiger partial charge in [-0.25, -0.2) is 0 Å². The molecule has 0 aromatic rings. The molecule has 1 aliphatic rings. The van der Waals surface area contributed by atoms with Gasteiger partial charge < -0.3 is 0 Å². The molecule has 0 spiro atoms. The van der Waals surface area contributed by atoms with Crippen molar-refractivity contribution in [3.8, 4) is 0 Å². The average Bonchev–Trinajstić information content (AvgIpc) is 2.13. The summed E-state index contributed by atoms with van der Waals surface area (Å²) in [5.41, 5.74) is 3.56. The van der Waals surface area contributed by atoms with Crippen LogP contribution in [0.5, 0.6) is 0 Å². The number of allylic oxidation sites excluding steroid dienone is 3. The molecule has 1 heterocycles. The van der Waals surface area contributed by atoms with Crippen LogP contribution in [0.1, 0.15) is 0 Å². The average molecular weight is 235 g/mol. The number of rotatable bonds is 1. The van der Waals surface area contributed by atoms with Crippen LogP contribution in [0.4, 0.5) is 0 Å². The molecule has 0 atom stereocenters. The molecule has 0 saturated carbocycles. The zero-order chi connectivity index (χ0) is 6.53. The van der Waals surface area contributed by atoms with Gasteiger partial charge in [-0.05, 0) is 0 Å². The molecule has 1 rings (SSSR count). The first-order valence-electron chi connectivity index (χ1n) is 2.55. The second-order valence-electron chi connectivity index (χ2n) is 1.50. The molecular formula is C6H8IN2-. The Hall–Kier alpha value is -0.290. The third-order valence-electron chi connectivity index (χ3n) is 0.903. The topological polar surface area (TPSA) is 38.0 Å². The Morgan fingerprint density at radius 2 is 2.33 bits per heavy atom. The molecule has 0 aliphatic carbocycles. The van der Waals surface area contributed by atoms with Crippen molar-refractivity contribution < 1.29 is 21.2 Å². The van der Waals surface area contributed by atoms with E-state index >= 15 is 0 Å². The van der Waals surface area contributed by atoms with Crippen molar-refractivity contribution in [2.75, 3.05) is 0 Å². The van der Waals surface area contributed by atoms with Crippen LogP contribution in [0, 0.1) is 0 Å². The summed E-state index contributed by atoms with van der Waals surface area (Å²) in [5.74, 6) is 5.18. The molecule has 3 N–H and O–H groups in total. The summed E-state index contributed by atoms with van der Waals surface area (Å²) in [5, 5.41) is 0. The number of nitrogens with two attached hydrogens (primary N) is 1. The van der Waals surface area contributed by atoms with Crippen molar-refractivity contribution in [1.82, 2.24) is 5.43 Å². The third kappa shape index (κ3) is 2.19. The predicted octanol–water partition coefficient (Wildman–Crippen LogP) is -2.54. The Labute approximate surface area is 64.7 Å². The van der Waals surface area contributed by atoms with Gasteiger partial charge in [-0.3, -0.25) is 0 Å². The first-order chi connectivity index (χ1) is 4.43. The number of hydrazine groups is 1. The summed E-state index contributed by atoms with van der Waals surface area (Å²) in [6, 6.07) is 0. The Morgan fingerprint density at radius 3 is 3.11 bits per heavy atom. The van der Waals surface area contributed by atoms with Gasteiger partial charge in [-0.1, -0.05) is 0 Å². The Morgan fingerprint density at radius 1 is 1.44 bits per heavy atom. The monoisotopic (exact) mass is 235 g/mol. The molecule has 0 saturated heterocycles. The van der Waals surface area contributed by atoms with Crippen molar-refractivity contribution in [1.29, 1.82) is 0 Å². The number of halogens is 1. The summed E-state index contributed by atoms with van der Waals surface area (Å²) >= 11 is 0.145. The van der Waals surface area contributed by atoms with E-state index in [0.717, 1.165) is 5.70 Å². The molecule has 0 aromatic heterocycles. The summed E-state index contributed by atoms with van der Waals surface area (Å²) < 4.78 is 4.34. The number of hydrogen-bond donors (Lipinski definition) is 2. The van der Waals surface area contributed by atoms with Gasteiger partial charge in [0.05, 0.1) is 0 Å². The minimum atomic E-state index is 0.145. The molecule has 3 heteroatoms. The van der Waals surface area contributed by atoms with E-state index in [2.05, 4.69) is 13.6 Å². The van der Waals surface area contributed by atoms with Gasteiger partial charge in [0.25, 0.3) is 0 Å². The fourth-order valence-corrected chi connectivity index (χ4v) is 1.76. The maximum atomic E-state index is 5.18. The van der Waals surface area contributed by atoms with Gasteiger partial charge in [0, 0.05) is 0 Å². The van der Waals surface area contributed by atoms with E-state index in [4.69, 9.17) is 5.84 Å². The van der Waals surface area contributed by atoms with Crippen molar-refractivity contribution in [3.05, 3.63) is 32.1 Å². The molecule has 2 nitrogen and oxygen atoms in total. The molecule has 0 aromatic carbocycles. The van der Waals surface area contributed by atoms with Crippen molar-refractivity contribution in [2.24, 2.45) is 5.84 Å². The Kier molecular flexibility index (Phi) is 2.79. The second-order valence-corrected chi connectivity index (χ2v) is 3.66. The van der Waals surface area contributed by atoms with Crippen molar-refractivity contribution >= 4 is 0 Å². The molecule has 0 radical (unpaired) electrons. The first kappa shape index (κ1) is 6.82. The third-order valence-corrected chi connectivity index (χ3v) is 2.51. The normalized spacial score (nSPS) is 17.7. The molecule has 0 bridgehead atoms. The van der Waals surface area contributed by atoms with Crippen LogP contribution in [0.3, 0.4) is 0 Å². The Balaban J connectivity index is 2.67. The Bertz CT molecular complexity index is 170. The summed E-state index contributed by atoms with van der Waals surface area (Å²) in [6.45, 7) is 0. The summed E-state index contributed by atoms with van der Waals surface area (Å²) in [6.07, 6.45) is 6.00. The van der Waals surface area contributed by atoms with Crippen molar-refractivity contribution in [2.45, 2.75) is 0 Å². The zero-order valence-corrected chi connectivity index (χ0v) is 7.00. The maximum absolute atomic E-state index is 5.18. The SMILES string of the molecule is NNC1=CC=C[I-]C=C1. The molecular weight excluding hydrogens is 227 g/mol. The van der Waals surface area contributed by atoms with Crippen molar-refractivity contribution in [3.63, 3.8) is 0 Å². The zero-order valence-electron chi connectivity index (χ0n) is 4.84. The van der Waals surface area contributed by atoms with Crippen LogP contribution in [0.2, 0.25) is 0 Å². The first-order valence-corrected chi connectivity index (χ1v) is 5.04. The standard InChI is InChI=1S/C6H8IN2/c8-9-6-2-1-4-7-5-3-6/h1-5,9H,8H2/q-1. The predicted molar refractivity (Wildman–Crippen MR) is 33.7 cm³/mol. The molecule has 0 fully saturated rings. The van der Waals surface area contributed by atoms with Crippen LogP contribution < -0.4 is 32.5 Å². The van der Waals surface area contributed by atoms with E-state index in [0.29, 0.717) is 0 Å². The number of hydrogen-bond acceptors (Lipinski definition) is 2. The van der Waals surface area contributed by atoms with Gasteiger partial charge in [-0.15, -0.1) is 0 Å². The van der Waals surface area contributed by atoms with Gasteiger partial charge in [0.15, 0.2) is 0 Å². The van der Waals surface area contributed by atoms with E-state index < -0.39 is 0 Å². The molecule has 0 amide bonds. The summed E-state index contributed by atoms with van der Waals surface area (Å²) in [4.78, 5) is 0. The van der Waals surface area contributed by atoms with E-state index in [9.17, 15) is 0 Å². The fraction of sp³-hybridized carbons (Fsp3) is 0. The molecule has 50 valence electrons. The van der Waals surface area contributed by atoms with E-state index in [-0.39, 0.29) is 21.2 Å². The van der Waals surface area contributed by atoms with Crippen LogP contribution in [-0.4, -0.2) is 0 Å². The van der Waals surface area contributed by atoms with Crippen LogP contribution in [0.15, 0.2) is 32.1 Å². The van der Waals surface area contributed by atoms with E-state index in [1.807, 2.05) is 18.2 Å². The molecule has 0 unspecified atom stereocenters. The molecule has 1 aliphatic heterocycles. The van der Waals surface area contributed by atoms with Gasteiger partial charge in [-0.2, -0.15) is 0 Å². The van der Waals surface area contributed by atoms with Gasteiger partial charge in [0.1, 0.15) is 0 Å². The fourth-order valence-electron chi connectivity index (χ4n) is 0.480.